The highest BCUT2D eigenvalue weighted by Gasteiger charge is 2.42. The molecule has 2 aliphatic rings. The Hall–Kier alpha value is -2.42. The van der Waals surface area contributed by atoms with Crippen molar-refractivity contribution in [1.82, 2.24) is 19.8 Å². The van der Waals surface area contributed by atoms with Crippen molar-refractivity contribution in [3.8, 4) is 0 Å². The summed E-state index contributed by atoms with van der Waals surface area (Å²) in [6.45, 7) is 2.69. The lowest BCUT2D eigenvalue weighted by molar-refractivity contribution is -0.139. The molecule has 26 heavy (non-hydrogen) atoms. The first kappa shape index (κ1) is 18.4. The van der Waals surface area contributed by atoms with Crippen LogP contribution in [0.25, 0.3) is 0 Å². The molecule has 0 radical (unpaired) electrons. The molecule has 1 aromatic heterocycles. The molecular formula is C17H24N4O5. The normalized spacial score (nSPS) is 23.5. The number of ether oxygens (including phenoxy) is 1. The molecule has 1 aromatic rings. The fourth-order valence-corrected chi connectivity index (χ4v) is 3.96. The third kappa shape index (κ3) is 3.72. The number of H-pyrrole nitrogens is 2. The standard InChI is InChI=1S/C17H24N4O5/c1-26-8-7-20-10-17(5-3-13(20)22)4-2-6-21(11-17)15(24)12-9-18-16(25)19-14(12)23/h9H,2-8,10-11H2,1H3,(H2,18,19,23,25). The molecule has 3 rings (SSSR count). The second kappa shape index (κ2) is 7.45. The summed E-state index contributed by atoms with van der Waals surface area (Å²) >= 11 is 0. The number of hydrogen-bond acceptors (Lipinski definition) is 5. The van der Waals surface area contributed by atoms with E-state index in [2.05, 4.69) is 9.97 Å². The summed E-state index contributed by atoms with van der Waals surface area (Å²) in [4.78, 5) is 55.9. The van der Waals surface area contributed by atoms with Crippen LogP contribution in [0.2, 0.25) is 0 Å². The number of aromatic amines is 2. The molecule has 3 heterocycles. The fraction of sp³-hybridized carbons (Fsp3) is 0.647. The molecule has 0 saturated carbocycles. The SMILES string of the molecule is COCCN1CC2(CCCN(C(=O)c3c[nH]c(=O)[nH]c3=O)C2)CCC1=O. The second-order valence-electron chi connectivity index (χ2n) is 7.12. The molecule has 9 heteroatoms. The highest BCUT2D eigenvalue weighted by Crippen LogP contribution is 2.39. The number of nitrogens with one attached hydrogen (secondary N) is 2. The minimum Gasteiger partial charge on any atom is -0.383 e. The number of methoxy groups -OCH3 is 1. The zero-order chi connectivity index (χ0) is 18.7. The average molecular weight is 364 g/mol. The van der Waals surface area contributed by atoms with Crippen molar-refractivity contribution in [2.75, 3.05) is 39.9 Å². The van der Waals surface area contributed by atoms with Crippen molar-refractivity contribution < 1.29 is 14.3 Å². The van der Waals surface area contributed by atoms with Gasteiger partial charge in [0.15, 0.2) is 0 Å². The molecule has 9 nitrogen and oxygen atoms in total. The summed E-state index contributed by atoms with van der Waals surface area (Å²) < 4.78 is 5.08. The average Bonchev–Trinajstić information content (AvgIpc) is 2.62. The van der Waals surface area contributed by atoms with Gasteiger partial charge in [0.05, 0.1) is 6.61 Å². The Morgan fingerprint density at radius 2 is 2.08 bits per heavy atom. The first-order valence-electron chi connectivity index (χ1n) is 8.82. The van der Waals surface area contributed by atoms with Gasteiger partial charge in [0.25, 0.3) is 11.5 Å². The molecule has 142 valence electrons. The molecular weight excluding hydrogens is 340 g/mol. The van der Waals surface area contributed by atoms with Crippen LogP contribution in [-0.4, -0.2) is 71.5 Å². The lowest BCUT2D eigenvalue weighted by Crippen LogP contribution is -2.55. The zero-order valence-corrected chi connectivity index (χ0v) is 14.9. The van der Waals surface area contributed by atoms with Crippen LogP contribution in [-0.2, 0) is 9.53 Å². The summed E-state index contributed by atoms with van der Waals surface area (Å²) in [5.41, 5.74) is -1.53. The van der Waals surface area contributed by atoms with Crippen molar-refractivity contribution in [2.45, 2.75) is 25.7 Å². The van der Waals surface area contributed by atoms with E-state index < -0.39 is 11.2 Å². The molecule has 2 amide bonds. The quantitative estimate of drug-likeness (QED) is 0.751. The Bertz CT molecular complexity index is 801. The summed E-state index contributed by atoms with van der Waals surface area (Å²) in [6.07, 6.45) is 4.13. The van der Waals surface area contributed by atoms with Crippen molar-refractivity contribution in [1.29, 1.82) is 0 Å². The van der Waals surface area contributed by atoms with Gasteiger partial charge in [-0.15, -0.1) is 0 Å². The molecule has 0 aliphatic carbocycles. The van der Waals surface area contributed by atoms with Crippen LogP contribution >= 0.6 is 0 Å². The maximum absolute atomic E-state index is 12.8. The number of nitrogens with zero attached hydrogens (tertiary/aromatic N) is 2. The van der Waals surface area contributed by atoms with Crippen molar-refractivity contribution in [2.24, 2.45) is 5.41 Å². The summed E-state index contributed by atoms with van der Waals surface area (Å²) in [7, 11) is 1.60. The van der Waals surface area contributed by atoms with E-state index in [1.807, 2.05) is 4.90 Å². The van der Waals surface area contributed by atoms with Crippen LogP contribution in [0.15, 0.2) is 15.8 Å². The van der Waals surface area contributed by atoms with E-state index in [1.54, 1.807) is 12.0 Å². The number of carbonyl (C=O) groups excluding carboxylic acids is 2. The number of aromatic nitrogens is 2. The van der Waals surface area contributed by atoms with E-state index in [0.29, 0.717) is 39.2 Å². The number of carbonyl (C=O) groups is 2. The molecule has 1 spiro atoms. The van der Waals surface area contributed by atoms with Crippen LogP contribution in [0.4, 0.5) is 0 Å². The molecule has 2 aliphatic heterocycles. The van der Waals surface area contributed by atoms with Gasteiger partial charge in [0.1, 0.15) is 5.56 Å². The predicted octanol–water partition coefficient (Wildman–Crippen LogP) is -0.446. The monoisotopic (exact) mass is 364 g/mol. The van der Waals surface area contributed by atoms with Gasteiger partial charge in [-0.3, -0.25) is 19.4 Å². The van der Waals surface area contributed by atoms with E-state index in [4.69, 9.17) is 4.74 Å². The lowest BCUT2D eigenvalue weighted by Gasteiger charge is -2.48. The molecule has 2 N–H and O–H groups in total. The minimum absolute atomic E-state index is 0.0650. The summed E-state index contributed by atoms with van der Waals surface area (Å²) in [6, 6.07) is 0. The highest BCUT2D eigenvalue weighted by molar-refractivity contribution is 5.93. The number of hydrogen-bond donors (Lipinski definition) is 2. The fourth-order valence-electron chi connectivity index (χ4n) is 3.96. The van der Waals surface area contributed by atoms with Crippen LogP contribution in [0, 0.1) is 5.41 Å². The van der Waals surface area contributed by atoms with Gasteiger partial charge in [0.2, 0.25) is 5.91 Å². The molecule has 2 saturated heterocycles. The number of amides is 2. The van der Waals surface area contributed by atoms with Crippen molar-refractivity contribution in [3.63, 3.8) is 0 Å². The van der Waals surface area contributed by atoms with Gasteiger partial charge in [-0.05, 0) is 19.3 Å². The highest BCUT2D eigenvalue weighted by atomic mass is 16.5. The van der Waals surface area contributed by atoms with Gasteiger partial charge in [0, 0.05) is 51.3 Å². The number of likely N-dealkylation sites (tertiary alicyclic amines) is 2. The Morgan fingerprint density at radius 1 is 1.27 bits per heavy atom. The minimum atomic E-state index is -0.682. The van der Waals surface area contributed by atoms with E-state index in [1.165, 1.54) is 6.20 Å². The van der Waals surface area contributed by atoms with Gasteiger partial charge < -0.3 is 19.5 Å². The number of rotatable bonds is 4. The molecule has 0 bridgehead atoms. The maximum Gasteiger partial charge on any atom is 0.325 e. The third-order valence-electron chi connectivity index (χ3n) is 5.31. The smallest absolute Gasteiger partial charge is 0.325 e. The van der Waals surface area contributed by atoms with Gasteiger partial charge in [-0.1, -0.05) is 0 Å². The van der Waals surface area contributed by atoms with E-state index >= 15 is 0 Å². The third-order valence-corrected chi connectivity index (χ3v) is 5.31. The lowest BCUT2D eigenvalue weighted by atomic mass is 9.73. The Kier molecular flexibility index (Phi) is 5.26. The topological polar surface area (TPSA) is 116 Å². The number of piperidine rings is 2. The predicted molar refractivity (Wildman–Crippen MR) is 92.9 cm³/mol. The molecule has 1 unspecified atom stereocenters. The van der Waals surface area contributed by atoms with E-state index in [9.17, 15) is 19.2 Å². The first-order valence-corrected chi connectivity index (χ1v) is 8.82. The zero-order valence-electron chi connectivity index (χ0n) is 14.9. The van der Waals surface area contributed by atoms with Gasteiger partial charge in [-0.2, -0.15) is 0 Å². The van der Waals surface area contributed by atoms with Gasteiger partial charge in [-0.25, -0.2) is 4.79 Å². The van der Waals surface area contributed by atoms with Gasteiger partial charge >= 0.3 is 5.69 Å². The Balaban J connectivity index is 1.76. The van der Waals surface area contributed by atoms with E-state index in [-0.39, 0.29) is 22.8 Å². The van der Waals surface area contributed by atoms with E-state index in [0.717, 1.165) is 19.3 Å². The summed E-state index contributed by atoms with van der Waals surface area (Å²) in [5, 5.41) is 0. The Morgan fingerprint density at radius 3 is 2.81 bits per heavy atom. The second-order valence-corrected chi connectivity index (χ2v) is 7.12. The van der Waals surface area contributed by atoms with Crippen LogP contribution in [0.5, 0.6) is 0 Å². The van der Waals surface area contributed by atoms with Crippen LogP contribution in [0.1, 0.15) is 36.0 Å². The molecule has 0 aromatic carbocycles. The largest absolute Gasteiger partial charge is 0.383 e. The van der Waals surface area contributed by atoms with Crippen molar-refractivity contribution in [3.05, 3.63) is 32.6 Å². The molecule has 2 fully saturated rings. The first-order chi connectivity index (χ1) is 12.4. The maximum atomic E-state index is 12.8. The molecule has 1 atom stereocenters. The van der Waals surface area contributed by atoms with Crippen molar-refractivity contribution >= 4 is 11.8 Å². The van der Waals surface area contributed by atoms with Crippen LogP contribution < -0.4 is 11.2 Å². The summed E-state index contributed by atoms with van der Waals surface area (Å²) in [5.74, 6) is -0.268. The Labute approximate surface area is 150 Å². The van der Waals surface area contributed by atoms with Crippen LogP contribution in [0.3, 0.4) is 0 Å².